The standard InChI is InChI=1S/C10H13N3O2S/c1-6-3-4-8(16-6)10-12-9(13-15-10)7(11)5-14-2/h3-4,7H,5,11H2,1-2H3. The molecule has 0 aliphatic rings. The van der Waals surface area contributed by atoms with Crippen molar-refractivity contribution in [3.8, 4) is 10.8 Å². The van der Waals surface area contributed by atoms with Crippen LogP contribution in [0.4, 0.5) is 0 Å². The minimum absolute atomic E-state index is 0.344. The maximum absolute atomic E-state index is 5.80. The quantitative estimate of drug-likeness (QED) is 0.879. The molecule has 86 valence electrons. The van der Waals surface area contributed by atoms with Crippen molar-refractivity contribution < 1.29 is 9.26 Å². The molecule has 2 aromatic rings. The van der Waals surface area contributed by atoms with Gasteiger partial charge in [-0.25, -0.2) is 0 Å². The molecule has 0 saturated carbocycles. The highest BCUT2D eigenvalue weighted by Crippen LogP contribution is 2.26. The molecular formula is C10H13N3O2S. The van der Waals surface area contributed by atoms with Crippen LogP contribution in [0, 0.1) is 6.92 Å². The maximum Gasteiger partial charge on any atom is 0.268 e. The van der Waals surface area contributed by atoms with Crippen LogP contribution in [-0.4, -0.2) is 23.9 Å². The minimum atomic E-state index is -0.344. The summed E-state index contributed by atoms with van der Waals surface area (Å²) in [4.78, 5) is 6.40. The van der Waals surface area contributed by atoms with Crippen molar-refractivity contribution >= 4 is 11.3 Å². The molecule has 1 unspecified atom stereocenters. The lowest BCUT2D eigenvalue weighted by Crippen LogP contribution is -2.17. The molecule has 0 aliphatic carbocycles. The number of thiophene rings is 1. The van der Waals surface area contributed by atoms with Gasteiger partial charge in [-0.05, 0) is 19.1 Å². The minimum Gasteiger partial charge on any atom is -0.383 e. The van der Waals surface area contributed by atoms with Crippen LogP contribution < -0.4 is 5.73 Å². The number of aryl methyl sites for hydroxylation is 1. The highest BCUT2D eigenvalue weighted by Gasteiger charge is 2.15. The molecular weight excluding hydrogens is 226 g/mol. The molecule has 6 heteroatoms. The second-order valence-corrected chi connectivity index (χ2v) is 4.72. The average Bonchev–Trinajstić information content (AvgIpc) is 2.85. The van der Waals surface area contributed by atoms with Gasteiger partial charge < -0.3 is 15.0 Å². The van der Waals surface area contributed by atoms with Crippen LogP contribution in [0.2, 0.25) is 0 Å². The molecule has 0 aromatic carbocycles. The van der Waals surface area contributed by atoms with Crippen molar-refractivity contribution in [2.75, 3.05) is 13.7 Å². The Morgan fingerprint density at radius 2 is 2.38 bits per heavy atom. The maximum atomic E-state index is 5.80. The zero-order valence-electron chi connectivity index (χ0n) is 9.14. The van der Waals surface area contributed by atoms with Crippen LogP contribution in [0.5, 0.6) is 0 Å². The fourth-order valence-electron chi connectivity index (χ4n) is 1.29. The van der Waals surface area contributed by atoms with Crippen LogP contribution >= 0.6 is 11.3 Å². The van der Waals surface area contributed by atoms with Crippen molar-refractivity contribution in [3.63, 3.8) is 0 Å². The summed E-state index contributed by atoms with van der Waals surface area (Å²) in [6.45, 7) is 2.41. The highest BCUT2D eigenvalue weighted by atomic mass is 32.1. The van der Waals surface area contributed by atoms with E-state index in [0.29, 0.717) is 18.3 Å². The first-order chi connectivity index (χ1) is 7.70. The Labute approximate surface area is 97.2 Å². The van der Waals surface area contributed by atoms with Crippen molar-refractivity contribution in [2.24, 2.45) is 5.73 Å². The highest BCUT2D eigenvalue weighted by molar-refractivity contribution is 7.15. The van der Waals surface area contributed by atoms with Gasteiger partial charge in [0.2, 0.25) is 0 Å². The van der Waals surface area contributed by atoms with Crippen molar-refractivity contribution in [1.29, 1.82) is 0 Å². The predicted molar refractivity (Wildman–Crippen MR) is 61.2 cm³/mol. The Morgan fingerprint density at radius 1 is 1.56 bits per heavy atom. The van der Waals surface area contributed by atoms with Gasteiger partial charge in [-0.15, -0.1) is 11.3 Å². The Morgan fingerprint density at radius 3 is 3.00 bits per heavy atom. The van der Waals surface area contributed by atoms with Gasteiger partial charge in [0.15, 0.2) is 5.82 Å². The number of hydrogen-bond donors (Lipinski definition) is 1. The SMILES string of the molecule is COCC(N)c1noc(-c2ccc(C)s2)n1. The molecule has 0 bridgehead atoms. The first-order valence-electron chi connectivity index (χ1n) is 4.85. The van der Waals surface area contributed by atoms with E-state index in [1.54, 1.807) is 18.4 Å². The van der Waals surface area contributed by atoms with Crippen molar-refractivity contribution in [2.45, 2.75) is 13.0 Å². The van der Waals surface area contributed by atoms with E-state index < -0.39 is 0 Å². The molecule has 0 aliphatic heterocycles. The van der Waals surface area contributed by atoms with E-state index in [1.165, 1.54) is 4.88 Å². The van der Waals surface area contributed by atoms with E-state index >= 15 is 0 Å². The monoisotopic (exact) mass is 239 g/mol. The molecule has 2 aromatic heterocycles. The number of rotatable bonds is 4. The molecule has 0 radical (unpaired) electrons. The number of nitrogens with two attached hydrogens (primary N) is 1. The topological polar surface area (TPSA) is 74.2 Å². The molecule has 5 nitrogen and oxygen atoms in total. The number of aromatic nitrogens is 2. The Balaban J connectivity index is 2.19. The smallest absolute Gasteiger partial charge is 0.268 e. The second kappa shape index (κ2) is 4.73. The Hall–Kier alpha value is -1.24. The van der Waals surface area contributed by atoms with Crippen LogP contribution in [0.15, 0.2) is 16.7 Å². The van der Waals surface area contributed by atoms with Gasteiger partial charge in [-0.1, -0.05) is 5.16 Å². The summed E-state index contributed by atoms with van der Waals surface area (Å²) >= 11 is 1.61. The van der Waals surface area contributed by atoms with Crippen LogP contribution in [0.1, 0.15) is 16.7 Å². The third-order valence-corrected chi connectivity index (χ3v) is 3.06. The van der Waals surface area contributed by atoms with E-state index in [0.717, 1.165) is 4.88 Å². The lowest BCUT2D eigenvalue weighted by atomic mass is 10.3. The Bertz CT molecular complexity index is 466. The first kappa shape index (κ1) is 11.3. The summed E-state index contributed by atoms with van der Waals surface area (Å²) in [5, 5.41) is 3.84. The molecule has 2 heterocycles. The summed E-state index contributed by atoms with van der Waals surface area (Å²) in [5.74, 6) is 0.988. The molecule has 0 fully saturated rings. The van der Waals surface area contributed by atoms with Gasteiger partial charge in [0.1, 0.15) is 0 Å². The zero-order valence-corrected chi connectivity index (χ0v) is 9.95. The van der Waals surface area contributed by atoms with Crippen molar-refractivity contribution in [3.05, 3.63) is 22.8 Å². The normalized spacial score (nSPS) is 12.9. The van der Waals surface area contributed by atoms with E-state index in [2.05, 4.69) is 10.1 Å². The van der Waals surface area contributed by atoms with Crippen LogP contribution in [0.3, 0.4) is 0 Å². The lowest BCUT2D eigenvalue weighted by molar-refractivity contribution is 0.177. The van der Waals surface area contributed by atoms with Crippen molar-refractivity contribution in [1.82, 2.24) is 10.1 Å². The second-order valence-electron chi connectivity index (χ2n) is 3.43. The van der Waals surface area contributed by atoms with Gasteiger partial charge in [-0.2, -0.15) is 4.98 Å². The third kappa shape index (κ3) is 2.29. The predicted octanol–water partition coefficient (Wildman–Crippen LogP) is 1.75. The summed E-state index contributed by atoms with van der Waals surface area (Å²) in [6.07, 6.45) is 0. The summed E-state index contributed by atoms with van der Waals surface area (Å²) in [6, 6.07) is 3.63. The number of hydrogen-bond acceptors (Lipinski definition) is 6. The number of ether oxygens (including phenoxy) is 1. The lowest BCUT2D eigenvalue weighted by Gasteiger charge is -2.02. The van der Waals surface area contributed by atoms with Gasteiger partial charge in [0, 0.05) is 12.0 Å². The number of nitrogens with zero attached hydrogens (tertiary/aromatic N) is 2. The third-order valence-electron chi connectivity index (χ3n) is 2.07. The molecule has 16 heavy (non-hydrogen) atoms. The van der Waals surface area contributed by atoms with Gasteiger partial charge in [-0.3, -0.25) is 0 Å². The fraction of sp³-hybridized carbons (Fsp3) is 0.400. The first-order valence-corrected chi connectivity index (χ1v) is 5.67. The van der Waals surface area contributed by atoms with E-state index in [1.807, 2.05) is 19.1 Å². The fourth-order valence-corrected chi connectivity index (χ4v) is 2.08. The molecule has 2 N–H and O–H groups in total. The van der Waals surface area contributed by atoms with Gasteiger partial charge >= 0.3 is 0 Å². The number of methoxy groups -OCH3 is 1. The summed E-state index contributed by atoms with van der Waals surface area (Å²) in [7, 11) is 1.59. The van der Waals surface area contributed by atoms with Crippen LogP contribution in [-0.2, 0) is 4.74 Å². The Kier molecular flexibility index (Phi) is 3.33. The summed E-state index contributed by atoms with van der Waals surface area (Å²) in [5.41, 5.74) is 5.80. The van der Waals surface area contributed by atoms with Gasteiger partial charge in [0.05, 0.1) is 17.5 Å². The summed E-state index contributed by atoms with van der Waals surface area (Å²) < 4.78 is 10.1. The zero-order chi connectivity index (χ0) is 11.5. The largest absolute Gasteiger partial charge is 0.383 e. The van der Waals surface area contributed by atoms with E-state index in [9.17, 15) is 0 Å². The molecule has 2 rings (SSSR count). The molecule has 0 amide bonds. The van der Waals surface area contributed by atoms with E-state index in [4.69, 9.17) is 15.0 Å². The molecule has 0 spiro atoms. The van der Waals surface area contributed by atoms with Crippen LogP contribution in [0.25, 0.3) is 10.8 Å². The molecule has 0 saturated heterocycles. The van der Waals surface area contributed by atoms with E-state index in [-0.39, 0.29) is 6.04 Å². The average molecular weight is 239 g/mol. The molecule has 1 atom stereocenters. The van der Waals surface area contributed by atoms with Gasteiger partial charge in [0.25, 0.3) is 5.89 Å².